The number of hydrogen-bond acceptors (Lipinski definition) is 2. The van der Waals surface area contributed by atoms with Crippen LogP contribution in [-0.4, -0.2) is 5.75 Å². The van der Waals surface area contributed by atoms with Crippen molar-refractivity contribution >= 4 is 24.2 Å². The molecule has 3 N–H and O–H groups in total. The Morgan fingerprint density at radius 2 is 0.917 bits per heavy atom. The molecular weight excluding hydrogens is 334 g/mol. The summed E-state index contributed by atoms with van der Waals surface area (Å²) in [4.78, 5) is 0. The van der Waals surface area contributed by atoms with Gasteiger partial charge >= 0.3 is 0 Å². The molecule has 1 nitrogen and oxygen atoms in total. The van der Waals surface area contributed by atoms with E-state index in [4.69, 9.17) is 0 Å². The van der Waals surface area contributed by atoms with Gasteiger partial charge in [0.1, 0.15) is 0 Å². The van der Waals surface area contributed by atoms with Crippen molar-refractivity contribution in [3.05, 3.63) is 108 Å². The fourth-order valence-electron chi connectivity index (χ4n) is 2.99. The van der Waals surface area contributed by atoms with Crippen molar-refractivity contribution in [2.24, 2.45) is 0 Å². The average Bonchev–Trinajstić information content (AvgIpc) is 2.62. The van der Waals surface area contributed by atoms with Crippen LogP contribution in [0.4, 0.5) is 0 Å². The van der Waals surface area contributed by atoms with E-state index >= 15 is 0 Å². The Hall–Kier alpha value is -1.74. The molecule has 3 aromatic carbocycles. The van der Waals surface area contributed by atoms with Crippen molar-refractivity contribution in [1.29, 1.82) is 0 Å². The van der Waals surface area contributed by atoms with Gasteiger partial charge in [-0.05, 0) is 22.4 Å². The molecule has 0 bridgehead atoms. The lowest BCUT2D eigenvalue weighted by Gasteiger charge is -2.35. The second kappa shape index (κ2) is 9.53. The zero-order valence-corrected chi connectivity index (χ0v) is 15.5. The van der Waals surface area contributed by atoms with Crippen molar-refractivity contribution < 1.29 is 0 Å². The van der Waals surface area contributed by atoms with Crippen LogP contribution in [0.5, 0.6) is 0 Å². The van der Waals surface area contributed by atoms with Crippen molar-refractivity contribution in [1.82, 2.24) is 6.15 Å². The monoisotopic (exact) mass is 357 g/mol. The third-order valence-corrected chi connectivity index (χ3v) is 5.33. The van der Waals surface area contributed by atoms with E-state index in [9.17, 15) is 0 Å². The van der Waals surface area contributed by atoms with Crippen LogP contribution >= 0.6 is 24.2 Å². The molecule has 0 aliphatic rings. The summed E-state index contributed by atoms with van der Waals surface area (Å²) in [7, 11) is 0. The van der Waals surface area contributed by atoms with Gasteiger partial charge in [0.2, 0.25) is 0 Å². The number of rotatable bonds is 5. The molecule has 0 aromatic heterocycles. The van der Waals surface area contributed by atoms with Gasteiger partial charge < -0.3 is 6.15 Å². The van der Waals surface area contributed by atoms with Crippen LogP contribution in [0.25, 0.3) is 0 Å². The smallest absolute Gasteiger partial charge is 0.0906 e. The molecule has 126 valence electrons. The third-order valence-electron chi connectivity index (χ3n) is 3.90. The van der Waals surface area contributed by atoms with Crippen LogP contribution in [0.3, 0.4) is 0 Å². The molecule has 0 unspecified atom stereocenters. The molecular formula is C21H24ClNS. The van der Waals surface area contributed by atoms with Gasteiger partial charge in [-0.3, -0.25) is 0 Å². The molecule has 0 spiro atoms. The molecule has 0 heterocycles. The summed E-state index contributed by atoms with van der Waals surface area (Å²) < 4.78 is -0.154. The zero-order chi connectivity index (χ0) is 15.3. The lowest BCUT2D eigenvalue weighted by molar-refractivity contribution is 0.895. The Labute approximate surface area is 155 Å². The van der Waals surface area contributed by atoms with Crippen LogP contribution in [0, 0.1) is 0 Å². The van der Waals surface area contributed by atoms with E-state index in [0.29, 0.717) is 0 Å². The van der Waals surface area contributed by atoms with E-state index in [1.807, 2.05) is 11.8 Å². The second-order valence-electron chi connectivity index (χ2n) is 5.21. The van der Waals surface area contributed by atoms with Gasteiger partial charge in [0, 0.05) is 0 Å². The highest BCUT2D eigenvalue weighted by molar-refractivity contribution is 8.00. The van der Waals surface area contributed by atoms with Gasteiger partial charge in [-0.25, -0.2) is 0 Å². The Morgan fingerprint density at radius 1 is 0.625 bits per heavy atom. The quantitative estimate of drug-likeness (QED) is 0.542. The topological polar surface area (TPSA) is 35.0 Å². The SMILES string of the molecule is CCSC(c1ccccc1)(c1ccccc1)c1ccccc1.Cl.N. The lowest BCUT2D eigenvalue weighted by Crippen LogP contribution is -2.25. The molecule has 0 amide bonds. The molecule has 3 heteroatoms. The number of thioether (sulfide) groups is 1. The maximum atomic E-state index is 2.24. The lowest BCUT2D eigenvalue weighted by atomic mass is 9.84. The summed E-state index contributed by atoms with van der Waals surface area (Å²) in [6.45, 7) is 2.23. The summed E-state index contributed by atoms with van der Waals surface area (Å²) in [5.41, 5.74) is 4.00. The standard InChI is InChI=1S/C21H20S.ClH.H3N/c1-2-22-21(18-12-6-3-7-13-18,19-14-8-4-9-15-19)20-16-10-5-11-17-20;;/h3-17H,2H2,1H3;1H;1H3. The first-order chi connectivity index (χ1) is 10.9. The maximum absolute atomic E-state index is 2.24. The molecule has 0 atom stereocenters. The average molecular weight is 358 g/mol. The summed E-state index contributed by atoms with van der Waals surface area (Å²) in [5.74, 6) is 1.05. The minimum Gasteiger partial charge on any atom is -0.344 e. The first kappa shape index (κ1) is 20.3. The van der Waals surface area contributed by atoms with Crippen LogP contribution in [0.15, 0.2) is 91.0 Å². The van der Waals surface area contributed by atoms with E-state index in [-0.39, 0.29) is 23.3 Å². The molecule has 24 heavy (non-hydrogen) atoms. The first-order valence-electron chi connectivity index (χ1n) is 7.68. The van der Waals surface area contributed by atoms with Gasteiger partial charge in [-0.2, -0.15) is 0 Å². The normalized spacial score (nSPS) is 10.4. The van der Waals surface area contributed by atoms with Crippen molar-refractivity contribution in [2.45, 2.75) is 11.7 Å². The Kier molecular flexibility index (Phi) is 8.06. The molecule has 0 aliphatic carbocycles. The highest BCUT2D eigenvalue weighted by Crippen LogP contribution is 2.48. The summed E-state index contributed by atoms with van der Waals surface area (Å²) in [6, 6.07) is 32.5. The van der Waals surface area contributed by atoms with Crippen LogP contribution < -0.4 is 6.15 Å². The predicted octanol–water partition coefficient (Wildman–Crippen LogP) is 6.32. The molecule has 3 aromatic rings. The van der Waals surface area contributed by atoms with E-state index in [2.05, 4.69) is 97.9 Å². The summed E-state index contributed by atoms with van der Waals surface area (Å²) in [5, 5.41) is 0. The number of hydrogen-bond donors (Lipinski definition) is 1. The maximum Gasteiger partial charge on any atom is 0.0906 e. The molecule has 0 saturated carbocycles. The second-order valence-corrected chi connectivity index (χ2v) is 6.69. The van der Waals surface area contributed by atoms with Crippen LogP contribution in [0.2, 0.25) is 0 Å². The molecule has 3 rings (SSSR count). The van der Waals surface area contributed by atoms with E-state index in [1.54, 1.807) is 0 Å². The Morgan fingerprint density at radius 3 is 1.17 bits per heavy atom. The Bertz CT molecular complexity index is 605. The Balaban J connectivity index is 0.00000144. The van der Waals surface area contributed by atoms with Crippen molar-refractivity contribution in [3.63, 3.8) is 0 Å². The van der Waals surface area contributed by atoms with E-state index in [0.717, 1.165) is 5.75 Å². The van der Waals surface area contributed by atoms with E-state index < -0.39 is 0 Å². The van der Waals surface area contributed by atoms with Crippen molar-refractivity contribution in [3.8, 4) is 0 Å². The first-order valence-corrected chi connectivity index (χ1v) is 8.67. The van der Waals surface area contributed by atoms with E-state index in [1.165, 1.54) is 16.7 Å². The van der Waals surface area contributed by atoms with Crippen molar-refractivity contribution in [2.75, 3.05) is 5.75 Å². The molecule has 0 fully saturated rings. The number of halogens is 1. The zero-order valence-electron chi connectivity index (χ0n) is 13.9. The van der Waals surface area contributed by atoms with Crippen LogP contribution in [-0.2, 0) is 4.75 Å². The molecule has 0 radical (unpaired) electrons. The molecule has 0 saturated heterocycles. The predicted molar refractivity (Wildman–Crippen MR) is 110 cm³/mol. The third kappa shape index (κ3) is 3.84. The van der Waals surface area contributed by atoms with Gasteiger partial charge in [0.25, 0.3) is 0 Å². The summed E-state index contributed by atoms with van der Waals surface area (Å²) in [6.07, 6.45) is 0. The van der Waals surface area contributed by atoms with Crippen LogP contribution in [0.1, 0.15) is 23.6 Å². The summed E-state index contributed by atoms with van der Waals surface area (Å²) >= 11 is 1.98. The minimum atomic E-state index is -0.154. The minimum absolute atomic E-state index is 0. The van der Waals surface area contributed by atoms with Gasteiger partial charge in [-0.15, -0.1) is 24.2 Å². The van der Waals surface area contributed by atoms with Gasteiger partial charge in [0.15, 0.2) is 0 Å². The molecule has 0 aliphatic heterocycles. The highest BCUT2D eigenvalue weighted by atomic mass is 35.5. The highest BCUT2D eigenvalue weighted by Gasteiger charge is 2.35. The van der Waals surface area contributed by atoms with Gasteiger partial charge in [-0.1, -0.05) is 97.9 Å². The fourth-order valence-corrected chi connectivity index (χ4v) is 4.33. The fraction of sp³-hybridized carbons (Fsp3) is 0.143. The number of benzene rings is 3. The van der Waals surface area contributed by atoms with Gasteiger partial charge in [0.05, 0.1) is 4.75 Å². The largest absolute Gasteiger partial charge is 0.344 e.